The summed E-state index contributed by atoms with van der Waals surface area (Å²) in [5.41, 5.74) is 2.92. The number of aromatic nitrogens is 1. The zero-order chi connectivity index (χ0) is 15.5. The van der Waals surface area contributed by atoms with Gasteiger partial charge in [-0.15, -0.1) is 0 Å². The monoisotopic (exact) mass is 312 g/mol. The molecule has 4 heteroatoms. The van der Waals surface area contributed by atoms with Crippen molar-refractivity contribution in [3.63, 3.8) is 0 Å². The Morgan fingerprint density at radius 1 is 1.18 bits per heavy atom. The lowest BCUT2D eigenvalue weighted by Gasteiger charge is -1.99. The van der Waals surface area contributed by atoms with Gasteiger partial charge in [0.25, 0.3) is 0 Å². The molecule has 0 spiro atoms. The lowest BCUT2D eigenvalue weighted by atomic mass is 10.1. The molecule has 0 aliphatic rings. The van der Waals surface area contributed by atoms with Gasteiger partial charge in [0.2, 0.25) is 5.88 Å². The molecule has 3 rings (SSSR count). The fourth-order valence-corrected chi connectivity index (χ4v) is 2.79. The quantitative estimate of drug-likeness (QED) is 0.720. The van der Waals surface area contributed by atoms with Gasteiger partial charge in [-0.05, 0) is 30.2 Å². The average Bonchev–Trinajstić information content (AvgIpc) is 2.77. The second-order valence-corrected chi connectivity index (χ2v) is 5.67. The maximum absolute atomic E-state index is 10.2. The number of hydrogen-bond acceptors (Lipinski definition) is 2. The van der Waals surface area contributed by atoms with Gasteiger partial charge < -0.3 is 9.67 Å². The molecule has 0 unspecified atom stereocenters. The van der Waals surface area contributed by atoms with E-state index in [2.05, 4.69) is 4.99 Å². The number of nitrogens with zero attached hydrogens (tertiary/aromatic N) is 2. The molecule has 0 radical (unpaired) electrons. The Morgan fingerprint density at radius 2 is 2.00 bits per heavy atom. The Morgan fingerprint density at radius 3 is 2.82 bits per heavy atom. The van der Waals surface area contributed by atoms with E-state index < -0.39 is 0 Å². The van der Waals surface area contributed by atoms with Gasteiger partial charge in [-0.3, -0.25) is 4.99 Å². The molecule has 112 valence electrons. The first kappa shape index (κ1) is 14.7. The van der Waals surface area contributed by atoms with Crippen LogP contribution in [0.2, 0.25) is 5.02 Å². The molecule has 3 nitrogen and oxygen atoms in total. The van der Waals surface area contributed by atoms with Crippen LogP contribution in [0, 0.1) is 0 Å². The van der Waals surface area contributed by atoms with Crippen LogP contribution in [-0.4, -0.2) is 22.4 Å². The fraction of sp³-hybridized carbons (Fsp3) is 0.167. The molecule has 1 heterocycles. The molecule has 0 amide bonds. The van der Waals surface area contributed by atoms with Gasteiger partial charge in [-0.25, -0.2) is 0 Å². The highest BCUT2D eigenvalue weighted by molar-refractivity contribution is 6.30. The van der Waals surface area contributed by atoms with Crippen LogP contribution in [0.3, 0.4) is 0 Å². The number of halogens is 1. The third-order valence-corrected chi connectivity index (χ3v) is 3.99. The number of aryl methyl sites for hydroxylation is 1. The summed E-state index contributed by atoms with van der Waals surface area (Å²) < 4.78 is 1.77. The van der Waals surface area contributed by atoms with Crippen molar-refractivity contribution in [3.8, 4) is 5.88 Å². The third kappa shape index (κ3) is 2.85. The van der Waals surface area contributed by atoms with E-state index in [4.69, 9.17) is 11.6 Å². The maximum atomic E-state index is 10.2. The molecule has 0 saturated carbocycles. The average molecular weight is 313 g/mol. The molecule has 22 heavy (non-hydrogen) atoms. The predicted molar refractivity (Wildman–Crippen MR) is 92.2 cm³/mol. The van der Waals surface area contributed by atoms with Crippen LogP contribution >= 0.6 is 11.6 Å². The third-order valence-electron chi connectivity index (χ3n) is 3.75. The van der Waals surface area contributed by atoms with E-state index in [9.17, 15) is 5.11 Å². The topological polar surface area (TPSA) is 37.5 Å². The molecule has 0 atom stereocenters. The number of para-hydroxylation sites is 1. The van der Waals surface area contributed by atoms with Crippen molar-refractivity contribution in [2.24, 2.45) is 12.0 Å². The molecule has 0 aliphatic carbocycles. The van der Waals surface area contributed by atoms with Gasteiger partial charge >= 0.3 is 0 Å². The van der Waals surface area contributed by atoms with Crippen LogP contribution in [0.4, 0.5) is 0 Å². The van der Waals surface area contributed by atoms with Crippen molar-refractivity contribution < 1.29 is 5.11 Å². The second kappa shape index (κ2) is 6.24. The van der Waals surface area contributed by atoms with Crippen LogP contribution < -0.4 is 0 Å². The van der Waals surface area contributed by atoms with E-state index in [0.29, 0.717) is 6.54 Å². The van der Waals surface area contributed by atoms with Crippen LogP contribution in [0.1, 0.15) is 11.1 Å². The van der Waals surface area contributed by atoms with Crippen LogP contribution in [0.5, 0.6) is 5.88 Å². The van der Waals surface area contributed by atoms with E-state index in [0.717, 1.165) is 33.5 Å². The van der Waals surface area contributed by atoms with Crippen molar-refractivity contribution in [3.05, 3.63) is 64.7 Å². The summed E-state index contributed by atoms with van der Waals surface area (Å²) in [6.45, 7) is 0.656. The number of rotatable bonds is 4. The van der Waals surface area contributed by atoms with Gasteiger partial charge in [-0.2, -0.15) is 0 Å². The zero-order valence-electron chi connectivity index (χ0n) is 12.3. The van der Waals surface area contributed by atoms with Crippen molar-refractivity contribution in [1.29, 1.82) is 0 Å². The lowest BCUT2D eigenvalue weighted by molar-refractivity contribution is 0.434. The highest BCUT2D eigenvalue weighted by atomic mass is 35.5. The van der Waals surface area contributed by atoms with Crippen LogP contribution in [-0.2, 0) is 13.5 Å². The Hall–Kier alpha value is -2.26. The SMILES string of the molecule is Cn1c(O)c(C=NCCc2cccc(Cl)c2)c2ccccc21. The van der Waals surface area contributed by atoms with Gasteiger partial charge in [0.05, 0.1) is 11.1 Å². The molecule has 0 saturated heterocycles. The number of aromatic hydroxyl groups is 1. The van der Waals surface area contributed by atoms with E-state index in [1.807, 2.05) is 55.6 Å². The Bertz CT molecular complexity index is 836. The summed E-state index contributed by atoms with van der Waals surface area (Å²) in [4.78, 5) is 4.45. The molecule has 1 aromatic heterocycles. The van der Waals surface area contributed by atoms with Gasteiger partial charge in [0.1, 0.15) is 0 Å². The predicted octanol–water partition coefficient (Wildman–Crippen LogP) is 4.20. The summed E-state index contributed by atoms with van der Waals surface area (Å²) in [5, 5.41) is 12.0. The molecule has 3 aromatic rings. The summed E-state index contributed by atoms with van der Waals surface area (Å²) in [7, 11) is 1.85. The number of aliphatic imine (C=N–C) groups is 1. The highest BCUT2D eigenvalue weighted by Crippen LogP contribution is 2.28. The van der Waals surface area contributed by atoms with Crippen LogP contribution in [0.25, 0.3) is 10.9 Å². The maximum Gasteiger partial charge on any atom is 0.200 e. The van der Waals surface area contributed by atoms with Crippen molar-refractivity contribution in [2.75, 3.05) is 6.54 Å². The Balaban J connectivity index is 1.77. The zero-order valence-corrected chi connectivity index (χ0v) is 13.1. The van der Waals surface area contributed by atoms with Crippen molar-refractivity contribution >= 4 is 28.7 Å². The number of fused-ring (bicyclic) bond motifs is 1. The summed E-state index contributed by atoms with van der Waals surface area (Å²) >= 11 is 5.97. The molecule has 0 fully saturated rings. The summed E-state index contributed by atoms with van der Waals surface area (Å²) in [6.07, 6.45) is 2.57. The van der Waals surface area contributed by atoms with Crippen LogP contribution in [0.15, 0.2) is 53.5 Å². The van der Waals surface area contributed by atoms with Crippen molar-refractivity contribution in [2.45, 2.75) is 6.42 Å². The summed E-state index contributed by atoms with van der Waals surface area (Å²) in [6, 6.07) is 15.7. The Kier molecular flexibility index (Phi) is 4.16. The normalized spacial score (nSPS) is 11.5. The first-order valence-electron chi connectivity index (χ1n) is 7.17. The molecule has 0 bridgehead atoms. The smallest absolute Gasteiger partial charge is 0.200 e. The lowest BCUT2D eigenvalue weighted by Crippen LogP contribution is -1.91. The molecular formula is C18H17ClN2O. The molecule has 1 N–H and O–H groups in total. The van der Waals surface area contributed by atoms with Gasteiger partial charge in [0, 0.05) is 30.2 Å². The highest BCUT2D eigenvalue weighted by Gasteiger charge is 2.11. The minimum atomic E-state index is 0.243. The fourth-order valence-electron chi connectivity index (χ4n) is 2.58. The largest absolute Gasteiger partial charge is 0.494 e. The molecular weight excluding hydrogens is 296 g/mol. The first-order valence-corrected chi connectivity index (χ1v) is 7.55. The van der Waals surface area contributed by atoms with Gasteiger partial charge in [-0.1, -0.05) is 41.9 Å². The Labute approximate surface area is 134 Å². The number of hydrogen-bond donors (Lipinski definition) is 1. The van der Waals surface area contributed by atoms with E-state index in [1.54, 1.807) is 10.8 Å². The van der Waals surface area contributed by atoms with Crippen molar-refractivity contribution in [1.82, 2.24) is 4.57 Å². The molecule has 0 aliphatic heterocycles. The minimum Gasteiger partial charge on any atom is -0.494 e. The minimum absolute atomic E-state index is 0.243. The van der Waals surface area contributed by atoms with E-state index in [1.165, 1.54) is 0 Å². The van der Waals surface area contributed by atoms with E-state index >= 15 is 0 Å². The summed E-state index contributed by atoms with van der Waals surface area (Å²) in [5.74, 6) is 0.243. The number of benzene rings is 2. The molecule has 2 aromatic carbocycles. The first-order chi connectivity index (χ1) is 10.7. The standard InChI is InChI=1S/C18H17ClN2O/c1-21-17-8-3-2-7-15(17)16(18(21)22)12-20-10-9-13-5-4-6-14(19)11-13/h2-8,11-12,22H,9-10H2,1H3. The second-order valence-electron chi connectivity index (χ2n) is 5.23. The van der Waals surface area contributed by atoms with Gasteiger partial charge in [0.15, 0.2) is 0 Å². The van der Waals surface area contributed by atoms with E-state index in [-0.39, 0.29) is 5.88 Å².